The molecular weight excluding hydrogens is 370 g/mol. The van der Waals surface area contributed by atoms with Crippen molar-refractivity contribution in [2.75, 3.05) is 19.6 Å². The van der Waals surface area contributed by atoms with Crippen LogP contribution in [0.15, 0.2) is 27.6 Å². The summed E-state index contributed by atoms with van der Waals surface area (Å²) in [4.78, 5) is 27.3. The van der Waals surface area contributed by atoms with Crippen LogP contribution in [0, 0.1) is 6.92 Å². The summed E-state index contributed by atoms with van der Waals surface area (Å²) in [6.07, 6.45) is 6.36. The molecule has 0 aromatic carbocycles. The van der Waals surface area contributed by atoms with E-state index < -0.39 is 0 Å². The highest BCUT2D eigenvalue weighted by Crippen LogP contribution is 2.20. The number of carbonyl (C=O) groups is 1. The van der Waals surface area contributed by atoms with E-state index in [1.54, 1.807) is 12.3 Å². The Bertz CT molecular complexity index is 1060. The zero-order valence-electron chi connectivity index (χ0n) is 17.2. The van der Waals surface area contributed by atoms with Crippen LogP contribution in [0.2, 0.25) is 0 Å². The molecule has 3 aromatic rings. The van der Waals surface area contributed by atoms with Gasteiger partial charge in [-0.3, -0.25) is 18.9 Å². The van der Waals surface area contributed by atoms with Crippen LogP contribution in [-0.2, 0) is 11.3 Å². The molecule has 0 radical (unpaired) electrons. The lowest BCUT2D eigenvalue weighted by atomic mass is 10.0. The number of aryl methyl sites for hydroxylation is 2. The van der Waals surface area contributed by atoms with E-state index in [0.717, 1.165) is 24.4 Å². The number of amides is 1. The van der Waals surface area contributed by atoms with E-state index in [2.05, 4.69) is 22.2 Å². The lowest BCUT2D eigenvalue weighted by Crippen LogP contribution is -2.42. The molecule has 1 atom stereocenters. The molecule has 1 fully saturated rings. The van der Waals surface area contributed by atoms with E-state index in [9.17, 15) is 9.59 Å². The summed E-state index contributed by atoms with van der Waals surface area (Å²) in [7, 11) is 0. The average molecular weight is 399 g/mol. The van der Waals surface area contributed by atoms with Gasteiger partial charge < -0.3 is 9.73 Å². The second-order valence-corrected chi connectivity index (χ2v) is 7.94. The Balaban J connectivity index is 1.30. The van der Waals surface area contributed by atoms with Gasteiger partial charge in [0.15, 0.2) is 5.58 Å². The Morgan fingerprint density at radius 2 is 2.17 bits per heavy atom. The highest BCUT2D eigenvalue weighted by molar-refractivity contribution is 5.82. The van der Waals surface area contributed by atoms with E-state index in [-0.39, 0.29) is 11.5 Å². The van der Waals surface area contributed by atoms with Gasteiger partial charge in [0.05, 0.1) is 11.8 Å². The maximum atomic E-state index is 12.7. The van der Waals surface area contributed by atoms with Crippen LogP contribution in [0.3, 0.4) is 0 Å². The number of likely N-dealkylation sites (tertiary alicyclic amines) is 1. The molecule has 156 valence electrons. The van der Waals surface area contributed by atoms with Crippen molar-refractivity contribution in [2.45, 2.75) is 58.5 Å². The van der Waals surface area contributed by atoms with E-state index in [4.69, 9.17) is 4.42 Å². The molecule has 29 heavy (non-hydrogen) atoms. The lowest BCUT2D eigenvalue weighted by Gasteiger charge is -2.33. The molecule has 0 spiro atoms. The second-order valence-electron chi connectivity index (χ2n) is 7.94. The molecule has 1 unspecified atom stereocenters. The van der Waals surface area contributed by atoms with E-state index in [1.165, 1.54) is 23.9 Å². The molecule has 1 aliphatic rings. The van der Waals surface area contributed by atoms with Crippen molar-refractivity contribution < 1.29 is 9.21 Å². The smallest absolute Gasteiger partial charge is 0.291 e. The fourth-order valence-electron chi connectivity index (χ4n) is 4.29. The van der Waals surface area contributed by atoms with Gasteiger partial charge in [0, 0.05) is 44.2 Å². The van der Waals surface area contributed by atoms with Gasteiger partial charge in [-0.05, 0) is 39.7 Å². The summed E-state index contributed by atoms with van der Waals surface area (Å²) in [5, 5.41) is 7.42. The average Bonchev–Trinajstić information content (AvgIpc) is 3.28. The first kappa shape index (κ1) is 19.7. The van der Waals surface area contributed by atoms with Crippen LogP contribution >= 0.6 is 0 Å². The van der Waals surface area contributed by atoms with Gasteiger partial charge in [0.2, 0.25) is 5.91 Å². The lowest BCUT2D eigenvalue weighted by molar-refractivity contribution is -0.121. The van der Waals surface area contributed by atoms with Crippen LogP contribution in [-0.4, -0.2) is 50.7 Å². The minimum atomic E-state index is -0.165. The molecular formula is C21H29N5O3. The normalized spacial score (nSPS) is 17.9. The molecule has 0 saturated carbocycles. The summed E-state index contributed by atoms with van der Waals surface area (Å²) < 4.78 is 8.66. The number of furan rings is 1. The van der Waals surface area contributed by atoms with Gasteiger partial charge in [-0.1, -0.05) is 6.42 Å². The Morgan fingerprint density at radius 1 is 1.31 bits per heavy atom. The van der Waals surface area contributed by atoms with Crippen molar-refractivity contribution in [3.05, 3.63) is 34.6 Å². The van der Waals surface area contributed by atoms with Gasteiger partial charge in [0.25, 0.3) is 5.56 Å². The maximum absolute atomic E-state index is 12.7. The van der Waals surface area contributed by atoms with Gasteiger partial charge in [-0.15, -0.1) is 0 Å². The number of piperidine rings is 1. The second kappa shape index (κ2) is 8.41. The maximum Gasteiger partial charge on any atom is 0.291 e. The van der Waals surface area contributed by atoms with Crippen molar-refractivity contribution in [3.8, 4) is 0 Å². The van der Waals surface area contributed by atoms with Crippen molar-refractivity contribution in [1.29, 1.82) is 0 Å². The van der Waals surface area contributed by atoms with E-state index in [1.807, 2.05) is 17.4 Å². The fourth-order valence-corrected chi connectivity index (χ4v) is 4.29. The van der Waals surface area contributed by atoms with Crippen LogP contribution in [0.4, 0.5) is 0 Å². The predicted octanol–water partition coefficient (Wildman–Crippen LogP) is 2.32. The quantitative estimate of drug-likeness (QED) is 0.659. The molecule has 1 saturated heterocycles. The first-order valence-electron chi connectivity index (χ1n) is 10.5. The predicted molar refractivity (Wildman–Crippen MR) is 111 cm³/mol. The molecule has 8 heteroatoms. The minimum absolute atomic E-state index is 0.0284. The topological polar surface area (TPSA) is 84.8 Å². The molecule has 1 aliphatic heterocycles. The van der Waals surface area contributed by atoms with Gasteiger partial charge >= 0.3 is 0 Å². The Labute approximate surface area is 169 Å². The number of aromatic nitrogens is 3. The van der Waals surface area contributed by atoms with E-state index in [0.29, 0.717) is 43.1 Å². The number of nitrogens with zero attached hydrogens (tertiary/aromatic N) is 4. The van der Waals surface area contributed by atoms with Gasteiger partial charge in [-0.2, -0.15) is 5.10 Å². The molecule has 0 aliphatic carbocycles. The third-order valence-corrected chi connectivity index (χ3v) is 5.90. The first-order valence-corrected chi connectivity index (χ1v) is 10.5. The molecule has 3 aromatic heterocycles. The van der Waals surface area contributed by atoms with Gasteiger partial charge in [-0.25, -0.2) is 4.68 Å². The molecule has 8 nitrogen and oxygen atoms in total. The summed E-state index contributed by atoms with van der Waals surface area (Å²) in [5.74, 6) is 0.747. The molecule has 1 amide bonds. The van der Waals surface area contributed by atoms with Crippen LogP contribution < -0.4 is 10.9 Å². The Hall–Kier alpha value is -2.61. The minimum Gasteiger partial charge on any atom is -0.463 e. The van der Waals surface area contributed by atoms with Crippen molar-refractivity contribution >= 4 is 22.5 Å². The third-order valence-electron chi connectivity index (χ3n) is 5.90. The summed E-state index contributed by atoms with van der Waals surface area (Å²) >= 11 is 0. The molecule has 4 heterocycles. The van der Waals surface area contributed by atoms with Crippen LogP contribution in [0.5, 0.6) is 0 Å². The zero-order valence-corrected chi connectivity index (χ0v) is 17.2. The third kappa shape index (κ3) is 4.07. The number of hydrogen-bond donors (Lipinski definition) is 1. The van der Waals surface area contributed by atoms with Crippen molar-refractivity contribution in [3.63, 3.8) is 0 Å². The van der Waals surface area contributed by atoms with Crippen LogP contribution in [0.25, 0.3) is 16.6 Å². The monoisotopic (exact) mass is 399 g/mol. The standard InChI is InChI=1S/C21H29N5O3/c1-15-6-3-4-10-24(15)12-9-22-20(27)7-5-11-25-21(28)18-14-19-17(8-13-29-19)26(18)16(2)23-25/h8,13-15H,3-7,9-12H2,1-2H3,(H,22,27). The Kier molecular flexibility index (Phi) is 5.71. The van der Waals surface area contributed by atoms with Crippen molar-refractivity contribution in [2.24, 2.45) is 0 Å². The highest BCUT2D eigenvalue weighted by atomic mass is 16.3. The van der Waals surface area contributed by atoms with Crippen molar-refractivity contribution in [1.82, 2.24) is 24.4 Å². The molecule has 4 rings (SSSR count). The zero-order chi connectivity index (χ0) is 20.4. The van der Waals surface area contributed by atoms with E-state index >= 15 is 0 Å². The SMILES string of the molecule is Cc1nn(CCCC(=O)NCCN2CCCCC2C)c(=O)c2cc3occc3n12. The number of fused-ring (bicyclic) bond motifs is 3. The number of carbonyl (C=O) groups excluding carboxylic acids is 1. The number of rotatable bonds is 7. The summed E-state index contributed by atoms with van der Waals surface area (Å²) in [6.45, 7) is 7.24. The van der Waals surface area contributed by atoms with Crippen LogP contribution in [0.1, 0.15) is 44.9 Å². The highest BCUT2D eigenvalue weighted by Gasteiger charge is 2.18. The summed E-state index contributed by atoms with van der Waals surface area (Å²) in [5.41, 5.74) is 1.90. The number of nitrogens with one attached hydrogen (secondary N) is 1. The Morgan fingerprint density at radius 3 is 3.00 bits per heavy atom. The fraction of sp³-hybridized carbons (Fsp3) is 0.571. The molecule has 0 bridgehead atoms. The first-order chi connectivity index (χ1) is 14.0. The molecule has 1 N–H and O–H groups in total. The van der Waals surface area contributed by atoms with Gasteiger partial charge in [0.1, 0.15) is 11.3 Å². The summed E-state index contributed by atoms with van der Waals surface area (Å²) in [6, 6.07) is 4.18. The largest absolute Gasteiger partial charge is 0.463 e. The number of hydrogen-bond acceptors (Lipinski definition) is 5.